The summed E-state index contributed by atoms with van der Waals surface area (Å²) in [6.45, 7) is 3.52. The fraction of sp³-hybridized carbons (Fsp3) is 0.261. The molecule has 8 heteroatoms. The van der Waals surface area contributed by atoms with Gasteiger partial charge < -0.3 is 23.7 Å². The third kappa shape index (κ3) is 5.85. The van der Waals surface area contributed by atoms with Crippen LogP contribution in [0.3, 0.4) is 0 Å². The topological polar surface area (TPSA) is 97.4 Å². The summed E-state index contributed by atoms with van der Waals surface area (Å²) in [6.07, 6.45) is 1.40. The lowest BCUT2D eigenvalue weighted by molar-refractivity contribution is -0.222. The third-order valence-electron chi connectivity index (χ3n) is 4.18. The molecule has 0 N–H and O–H groups in total. The molecule has 1 heterocycles. The van der Waals surface area contributed by atoms with Crippen molar-refractivity contribution >= 4 is 24.0 Å². The standard InChI is InChI=1S/C23H22O8/c1-23(2)30-21(25)19(22(26)31-23)13-15-7-9-17(10-8-15)28-11-12-29-18-6-4-5-16(14-18)20(24)27-3/h4-10,13-14H,11-12H2,1-3H3. The Morgan fingerprint density at radius 1 is 0.935 bits per heavy atom. The highest BCUT2D eigenvalue weighted by molar-refractivity contribution is 6.18. The summed E-state index contributed by atoms with van der Waals surface area (Å²) in [5.41, 5.74) is 0.849. The average Bonchev–Trinajstić information content (AvgIpc) is 2.74. The van der Waals surface area contributed by atoms with Gasteiger partial charge in [-0.15, -0.1) is 0 Å². The molecule has 31 heavy (non-hydrogen) atoms. The number of cyclic esters (lactones) is 2. The normalized spacial score (nSPS) is 14.9. The van der Waals surface area contributed by atoms with Crippen molar-refractivity contribution in [2.75, 3.05) is 20.3 Å². The maximum atomic E-state index is 12.0. The summed E-state index contributed by atoms with van der Waals surface area (Å²) in [5, 5.41) is 0. The van der Waals surface area contributed by atoms with Crippen molar-refractivity contribution < 1.29 is 38.1 Å². The molecule has 1 aliphatic rings. The molecule has 1 fully saturated rings. The second-order valence-electron chi connectivity index (χ2n) is 7.02. The first kappa shape index (κ1) is 21.9. The molecule has 0 aromatic heterocycles. The lowest BCUT2D eigenvalue weighted by Gasteiger charge is -2.29. The van der Waals surface area contributed by atoms with E-state index in [2.05, 4.69) is 4.74 Å². The fourth-order valence-electron chi connectivity index (χ4n) is 2.76. The monoisotopic (exact) mass is 426 g/mol. The summed E-state index contributed by atoms with van der Waals surface area (Å²) in [5.74, 6) is -2.04. The van der Waals surface area contributed by atoms with Gasteiger partial charge in [0.25, 0.3) is 5.79 Å². The van der Waals surface area contributed by atoms with E-state index in [1.54, 1.807) is 48.5 Å². The molecule has 0 amide bonds. The van der Waals surface area contributed by atoms with E-state index in [0.717, 1.165) is 0 Å². The molecule has 1 aliphatic heterocycles. The quantitative estimate of drug-likeness (QED) is 0.288. The van der Waals surface area contributed by atoms with Crippen molar-refractivity contribution in [3.8, 4) is 11.5 Å². The smallest absolute Gasteiger partial charge is 0.348 e. The van der Waals surface area contributed by atoms with Crippen LogP contribution in [-0.4, -0.2) is 44.0 Å². The van der Waals surface area contributed by atoms with Gasteiger partial charge in [-0.25, -0.2) is 14.4 Å². The second kappa shape index (κ2) is 9.34. The van der Waals surface area contributed by atoms with E-state index in [1.807, 2.05) is 0 Å². The SMILES string of the molecule is COC(=O)c1cccc(OCCOc2ccc(C=C3C(=O)OC(C)(C)OC3=O)cc2)c1. The second-order valence-corrected chi connectivity index (χ2v) is 7.02. The van der Waals surface area contributed by atoms with E-state index in [4.69, 9.17) is 18.9 Å². The number of rotatable bonds is 7. The van der Waals surface area contributed by atoms with E-state index < -0.39 is 23.7 Å². The van der Waals surface area contributed by atoms with Crippen molar-refractivity contribution in [3.63, 3.8) is 0 Å². The zero-order valence-electron chi connectivity index (χ0n) is 17.4. The minimum absolute atomic E-state index is 0.171. The third-order valence-corrected chi connectivity index (χ3v) is 4.18. The minimum atomic E-state index is -1.27. The van der Waals surface area contributed by atoms with Crippen LogP contribution in [0.5, 0.6) is 11.5 Å². The van der Waals surface area contributed by atoms with Crippen molar-refractivity contribution in [1.29, 1.82) is 0 Å². The van der Waals surface area contributed by atoms with Crippen LogP contribution >= 0.6 is 0 Å². The first-order valence-electron chi connectivity index (χ1n) is 9.50. The Balaban J connectivity index is 1.52. The van der Waals surface area contributed by atoms with Crippen LogP contribution < -0.4 is 9.47 Å². The van der Waals surface area contributed by atoms with Gasteiger partial charge in [-0.2, -0.15) is 0 Å². The Bertz CT molecular complexity index is 982. The number of hydrogen-bond acceptors (Lipinski definition) is 8. The summed E-state index contributed by atoms with van der Waals surface area (Å²) < 4.78 is 26.0. The molecule has 1 saturated heterocycles. The molecule has 0 atom stereocenters. The van der Waals surface area contributed by atoms with Gasteiger partial charge in [0.1, 0.15) is 30.3 Å². The lowest BCUT2D eigenvalue weighted by Crippen LogP contribution is -2.41. The maximum absolute atomic E-state index is 12.0. The molecular formula is C23H22O8. The predicted octanol–water partition coefficient (Wildman–Crippen LogP) is 3.15. The van der Waals surface area contributed by atoms with Gasteiger partial charge in [0, 0.05) is 13.8 Å². The van der Waals surface area contributed by atoms with Crippen LogP contribution in [0, 0.1) is 0 Å². The molecule has 0 saturated carbocycles. The highest BCUT2D eigenvalue weighted by atomic mass is 16.7. The van der Waals surface area contributed by atoms with E-state index >= 15 is 0 Å². The molecule has 2 aromatic carbocycles. The molecule has 0 unspecified atom stereocenters. The number of hydrogen-bond donors (Lipinski definition) is 0. The Morgan fingerprint density at radius 2 is 1.55 bits per heavy atom. The van der Waals surface area contributed by atoms with Crippen LogP contribution in [-0.2, 0) is 23.8 Å². The van der Waals surface area contributed by atoms with Crippen LogP contribution in [0.15, 0.2) is 54.1 Å². The van der Waals surface area contributed by atoms with Gasteiger partial charge in [-0.05, 0) is 42.0 Å². The minimum Gasteiger partial charge on any atom is -0.490 e. The summed E-state index contributed by atoms with van der Waals surface area (Å²) >= 11 is 0. The van der Waals surface area contributed by atoms with Crippen LogP contribution in [0.4, 0.5) is 0 Å². The van der Waals surface area contributed by atoms with Gasteiger partial charge in [-0.3, -0.25) is 0 Å². The van der Waals surface area contributed by atoms with E-state index in [0.29, 0.717) is 22.6 Å². The first-order valence-corrected chi connectivity index (χ1v) is 9.50. The largest absolute Gasteiger partial charge is 0.490 e. The number of methoxy groups -OCH3 is 1. The molecule has 2 aromatic rings. The Hall–Kier alpha value is -3.81. The van der Waals surface area contributed by atoms with Crippen LogP contribution in [0.1, 0.15) is 29.8 Å². The molecule has 162 valence electrons. The highest BCUT2D eigenvalue weighted by Gasteiger charge is 2.38. The number of carbonyl (C=O) groups excluding carboxylic acids is 3. The van der Waals surface area contributed by atoms with E-state index in [1.165, 1.54) is 27.0 Å². The fourth-order valence-corrected chi connectivity index (χ4v) is 2.76. The van der Waals surface area contributed by atoms with Crippen molar-refractivity contribution in [2.45, 2.75) is 19.6 Å². The number of esters is 3. The lowest BCUT2D eigenvalue weighted by atomic mass is 10.1. The Morgan fingerprint density at radius 3 is 2.16 bits per heavy atom. The summed E-state index contributed by atoms with van der Waals surface area (Å²) in [6, 6.07) is 13.5. The van der Waals surface area contributed by atoms with Crippen LogP contribution in [0.25, 0.3) is 6.08 Å². The van der Waals surface area contributed by atoms with Gasteiger partial charge in [0.05, 0.1) is 12.7 Å². The Kier molecular flexibility index (Phi) is 6.59. The van der Waals surface area contributed by atoms with Gasteiger partial charge in [-0.1, -0.05) is 18.2 Å². The van der Waals surface area contributed by atoms with Gasteiger partial charge >= 0.3 is 17.9 Å². The summed E-state index contributed by atoms with van der Waals surface area (Å²) in [4.78, 5) is 35.5. The molecule has 0 aliphatic carbocycles. The molecule has 0 radical (unpaired) electrons. The van der Waals surface area contributed by atoms with Gasteiger partial charge in [0.15, 0.2) is 0 Å². The number of benzene rings is 2. The molecular weight excluding hydrogens is 404 g/mol. The van der Waals surface area contributed by atoms with Crippen molar-refractivity contribution in [2.24, 2.45) is 0 Å². The highest BCUT2D eigenvalue weighted by Crippen LogP contribution is 2.24. The number of ether oxygens (including phenoxy) is 5. The molecule has 8 nitrogen and oxygen atoms in total. The van der Waals surface area contributed by atoms with Crippen molar-refractivity contribution in [1.82, 2.24) is 0 Å². The first-order chi connectivity index (χ1) is 14.8. The molecule has 0 bridgehead atoms. The Labute approximate surface area is 179 Å². The van der Waals surface area contributed by atoms with Crippen molar-refractivity contribution in [3.05, 3.63) is 65.2 Å². The van der Waals surface area contributed by atoms with E-state index in [-0.39, 0.29) is 18.8 Å². The zero-order valence-corrected chi connectivity index (χ0v) is 17.4. The summed E-state index contributed by atoms with van der Waals surface area (Å²) in [7, 11) is 1.32. The number of carbonyl (C=O) groups is 3. The molecule has 0 spiro atoms. The molecule has 3 rings (SSSR count). The predicted molar refractivity (Wildman–Crippen MR) is 109 cm³/mol. The van der Waals surface area contributed by atoms with Gasteiger partial charge in [0.2, 0.25) is 0 Å². The average molecular weight is 426 g/mol. The van der Waals surface area contributed by atoms with E-state index in [9.17, 15) is 14.4 Å². The van der Waals surface area contributed by atoms with Crippen LogP contribution in [0.2, 0.25) is 0 Å². The zero-order chi connectivity index (χ0) is 22.4. The maximum Gasteiger partial charge on any atom is 0.348 e.